The number of H-pyrrole nitrogens is 1. The van der Waals surface area contributed by atoms with E-state index in [1.807, 2.05) is 12.1 Å². The maximum atomic E-state index is 13.0. The third-order valence-corrected chi connectivity index (χ3v) is 4.37. The Kier molecular flexibility index (Phi) is 4.30. The second-order valence-electron chi connectivity index (χ2n) is 6.07. The van der Waals surface area contributed by atoms with Gasteiger partial charge in [0.1, 0.15) is 11.6 Å². The van der Waals surface area contributed by atoms with Crippen molar-refractivity contribution in [1.29, 1.82) is 0 Å². The molecule has 8 heteroatoms. The number of urea groups is 1. The summed E-state index contributed by atoms with van der Waals surface area (Å²) in [5.41, 5.74) is 1.42. The third kappa shape index (κ3) is 3.26. The van der Waals surface area contributed by atoms with Crippen LogP contribution in [0, 0.1) is 5.82 Å². The fraction of sp³-hybridized carbons (Fsp3) is 0.222. The summed E-state index contributed by atoms with van der Waals surface area (Å²) in [6.07, 6.45) is 5.06. The molecule has 3 heterocycles. The summed E-state index contributed by atoms with van der Waals surface area (Å²) < 4.78 is 13.0. The summed E-state index contributed by atoms with van der Waals surface area (Å²) >= 11 is 0. The number of halogens is 1. The lowest BCUT2D eigenvalue weighted by Crippen LogP contribution is -2.34. The number of hydrogen-bond donors (Lipinski definition) is 2. The van der Waals surface area contributed by atoms with Crippen molar-refractivity contribution in [2.75, 3.05) is 11.9 Å². The van der Waals surface area contributed by atoms with Crippen LogP contribution < -0.4 is 5.32 Å². The number of rotatable bonds is 3. The van der Waals surface area contributed by atoms with E-state index in [0.29, 0.717) is 23.9 Å². The van der Waals surface area contributed by atoms with Gasteiger partial charge in [-0.1, -0.05) is 0 Å². The monoisotopic (exact) mass is 352 g/mol. The number of amides is 2. The van der Waals surface area contributed by atoms with Gasteiger partial charge in [-0.2, -0.15) is 5.10 Å². The molecule has 1 aromatic carbocycles. The van der Waals surface area contributed by atoms with Gasteiger partial charge < -0.3 is 10.2 Å². The zero-order valence-electron chi connectivity index (χ0n) is 13.9. The summed E-state index contributed by atoms with van der Waals surface area (Å²) in [4.78, 5) is 22.9. The predicted molar refractivity (Wildman–Crippen MR) is 93.7 cm³/mol. The van der Waals surface area contributed by atoms with E-state index in [2.05, 4.69) is 25.5 Å². The highest BCUT2D eigenvalue weighted by Gasteiger charge is 2.32. The van der Waals surface area contributed by atoms with Crippen molar-refractivity contribution < 1.29 is 9.18 Å². The molecule has 2 N–H and O–H groups in total. The number of carbonyl (C=O) groups excluding carboxylic acids is 1. The van der Waals surface area contributed by atoms with Crippen molar-refractivity contribution in [3.8, 4) is 11.4 Å². The fourth-order valence-corrected chi connectivity index (χ4v) is 3.08. The van der Waals surface area contributed by atoms with Gasteiger partial charge in [-0.05, 0) is 49.2 Å². The minimum Gasteiger partial charge on any atom is -0.314 e. The lowest BCUT2D eigenvalue weighted by Gasteiger charge is -2.23. The predicted octanol–water partition coefficient (Wildman–Crippen LogP) is 3.37. The molecule has 1 fully saturated rings. The molecule has 1 saturated heterocycles. The molecule has 2 amide bonds. The van der Waals surface area contributed by atoms with Gasteiger partial charge in [0, 0.05) is 30.2 Å². The largest absolute Gasteiger partial charge is 0.322 e. The Hall–Kier alpha value is -3.29. The minimum absolute atomic E-state index is 0.168. The van der Waals surface area contributed by atoms with E-state index >= 15 is 0 Å². The van der Waals surface area contributed by atoms with Crippen LogP contribution in [0.5, 0.6) is 0 Å². The molecule has 1 aliphatic rings. The average molecular weight is 352 g/mol. The van der Waals surface area contributed by atoms with Gasteiger partial charge in [0.15, 0.2) is 5.82 Å². The van der Waals surface area contributed by atoms with E-state index in [4.69, 9.17) is 0 Å². The summed E-state index contributed by atoms with van der Waals surface area (Å²) in [7, 11) is 0. The van der Waals surface area contributed by atoms with Crippen LogP contribution in [0.1, 0.15) is 24.7 Å². The Morgan fingerprint density at radius 2 is 1.96 bits per heavy atom. The number of aromatic nitrogens is 4. The average Bonchev–Trinajstić information content (AvgIpc) is 3.33. The van der Waals surface area contributed by atoms with Crippen LogP contribution in [0.15, 0.2) is 48.8 Å². The van der Waals surface area contributed by atoms with Gasteiger partial charge in [0.2, 0.25) is 0 Å². The van der Waals surface area contributed by atoms with Crippen LogP contribution in [-0.4, -0.2) is 37.6 Å². The van der Waals surface area contributed by atoms with Crippen molar-refractivity contribution in [3.63, 3.8) is 0 Å². The third-order valence-electron chi connectivity index (χ3n) is 4.37. The van der Waals surface area contributed by atoms with Crippen LogP contribution >= 0.6 is 0 Å². The number of nitrogens with one attached hydrogen (secondary N) is 2. The SMILES string of the molecule is O=C(Nc1ccc(F)cc1)N1CCC[C@H]1c1nc(-c2ccncc2)n[nH]1. The topological polar surface area (TPSA) is 86.8 Å². The molecule has 3 aromatic rings. The molecular weight excluding hydrogens is 335 g/mol. The van der Waals surface area contributed by atoms with E-state index in [-0.39, 0.29) is 17.9 Å². The number of nitrogens with zero attached hydrogens (tertiary/aromatic N) is 4. The number of likely N-dealkylation sites (tertiary alicyclic amines) is 1. The smallest absolute Gasteiger partial charge is 0.314 e. The summed E-state index contributed by atoms with van der Waals surface area (Å²) in [6, 6.07) is 8.96. The van der Waals surface area contributed by atoms with Gasteiger partial charge in [-0.15, -0.1) is 0 Å². The highest BCUT2D eigenvalue weighted by atomic mass is 19.1. The molecule has 0 unspecified atom stereocenters. The standard InChI is InChI=1S/C18H17FN6O/c19-13-3-5-14(6-4-13)21-18(26)25-11-1-2-15(25)17-22-16(23-24-17)12-7-9-20-10-8-12/h3-10,15H,1-2,11H2,(H,21,26)(H,22,23,24)/t15-/m0/s1. The molecule has 1 aliphatic heterocycles. The molecule has 7 nitrogen and oxygen atoms in total. The summed E-state index contributed by atoms with van der Waals surface area (Å²) in [5, 5.41) is 10.0. The zero-order valence-corrected chi connectivity index (χ0v) is 13.9. The quantitative estimate of drug-likeness (QED) is 0.756. The molecule has 26 heavy (non-hydrogen) atoms. The van der Waals surface area contributed by atoms with Crippen molar-refractivity contribution in [2.45, 2.75) is 18.9 Å². The molecule has 0 aliphatic carbocycles. The summed E-state index contributed by atoms with van der Waals surface area (Å²) in [5.74, 6) is 0.893. The van der Waals surface area contributed by atoms with E-state index in [1.54, 1.807) is 17.3 Å². The van der Waals surface area contributed by atoms with Gasteiger partial charge in [-0.25, -0.2) is 14.2 Å². The Labute approximate surface area is 149 Å². The van der Waals surface area contributed by atoms with E-state index in [1.165, 1.54) is 24.3 Å². The molecule has 1 atom stereocenters. The fourth-order valence-electron chi connectivity index (χ4n) is 3.08. The first-order valence-electron chi connectivity index (χ1n) is 8.36. The molecule has 0 saturated carbocycles. The Balaban J connectivity index is 1.50. The van der Waals surface area contributed by atoms with Crippen LogP contribution in [0.4, 0.5) is 14.9 Å². The lowest BCUT2D eigenvalue weighted by molar-refractivity contribution is 0.205. The van der Waals surface area contributed by atoms with Crippen LogP contribution in [0.25, 0.3) is 11.4 Å². The number of pyridine rings is 1. The number of carbonyl (C=O) groups is 1. The van der Waals surface area contributed by atoms with Crippen LogP contribution in [0.3, 0.4) is 0 Å². The number of anilines is 1. The number of hydrogen-bond acceptors (Lipinski definition) is 4. The summed E-state index contributed by atoms with van der Waals surface area (Å²) in [6.45, 7) is 0.628. The highest BCUT2D eigenvalue weighted by molar-refractivity contribution is 5.89. The van der Waals surface area contributed by atoms with E-state index in [9.17, 15) is 9.18 Å². The van der Waals surface area contributed by atoms with Crippen molar-refractivity contribution in [2.24, 2.45) is 0 Å². The second kappa shape index (κ2) is 6.91. The maximum Gasteiger partial charge on any atom is 0.322 e. The zero-order chi connectivity index (χ0) is 17.9. The first-order chi connectivity index (χ1) is 12.7. The molecule has 2 aromatic heterocycles. The van der Waals surface area contributed by atoms with E-state index < -0.39 is 0 Å². The van der Waals surface area contributed by atoms with Gasteiger partial charge in [0.05, 0.1) is 6.04 Å². The Bertz CT molecular complexity index is 896. The van der Waals surface area contributed by atoms with E-state index in [0.717, 1.165) is 18.4 Å². The maximum absolute atomic E-state index is 13.0. The number of benzene rings is 1. The molecule has 0 radical (unpaired) electrons. The normalized spacial score (nSPS) is 16.7. The minimum atomic E-state index is -0.340. The molecule has 0 bridgehead atoms. The highest BCUT2D eigenvalue weighted by Crippen LogP contribution is 2.31. The lowest BCUT2D eigenvalue weighted by atomic mass is 10.2. The van der Waals surface area contributed by atoms with Crippen molar-refractivity contribution in [1.82, 2.24) is 25.1 Å². The Morgan fingerprint density at radius 3 is 2.73 bits per heavy atom. The van der Waals surface area contributed by atoms with Crippen molar-refractivity contribution >= 4 is 11.7 Å². The Morgan fingerprint density at radius 1 is 1.19 bits per heavy atom. The van der Waals surface area contributed by atoms with Crippen LogP contribution in [-0.2, 0) is 0 Å². The van der Waals surface area contributed by atoms with Gasteiger partial charge >= 0.3 is 6.03 Å². The molecule has 0 spiro atoms. The molecule has 132 valence electrons. The number of aromatic amines is 1. The van der Waals surface area contributed by atoms with Gasteiger partial charge in [0.25, 0.3) is 0 Å². The second-order valence-corrected chi connectivity index (χ2v) is 6.07. The van der Waals surface area contributed by atoms with Crippen LogP contribution in [0.2, 0.25) is 0 Å². The molecule has 4 rings (SSSR count). The molecular formula is C18H17FN6O. The van der Waals surface area contributed by atoms with Crippen molar-refractivity contribution in [3.05, 3.63) is 60.4 Å². The first-order valence-corrected chi connectivity index (χ1v) is 8.36. The van der Waals surface area contributed by atoms with Gasteiger partial charge in [-0.3, -0.25) is 10.1 Å². The first kappa shape index (κ1) is 16.2.